The van der Waals surface area contributed by atoms with Crippen molar-refractivity contribution in [1.29, 1.82) is 0 Å². The van der Waals surface area contributed by atoms with Gasteiger partial charge >= 0.3 is 0 Å². The van der Waals surface area contributed by atoms with Gasteiger partial charge in [0, 0.05) is 18.3 Å². The maximum atomic E-state index is 12.9. The molecule has 0 spiro atoms. The lowest BCUT2D eigenvalue weighted by atomic mass is 9.84. The van der Waals surface area contributed by atoms with Gasteiger partial charge < -0.3 is 16.0 Å². The van der Waals surface area contributed by atoms with Crippen LogP contribution in [0, 0.1) is 24.7 Å². The van der Waals surface area contributed by atoms with Gasteiger partial charge in [0.15, 0.2) is 0 Å². The van der Waals surface area contributed by atoms with Gasteiger partial charge in [-0.15, -0.1) is 0 Å². The third-order valence-corrected chi connectivity index (χ3v) is 6.38. The molecule has 1 aromatic carbocycles. The minimum Gasteiger partial charge on any atom is -0.344 e. The Bertz CT molecular complexity index is 670. The van der Waals surface area contributed by atoms with E-state index in [2.05, 4.69) is 5.32 Å². The molecule has 1 saturated heterocycles. The summed E-state index contributed by atoms with van der Waals surface area (Å²) in [7, 11) is 0. The number of aryl methyl sites for hydroxylation is 1. The lowest BCUT2D eigenvalue weighted by molar-refractivity contribution is -0.132. The molecule has 0 radical (unpaired) electrons. The Morgan fingerprint density at radius 2 is 1.88 bits per heavy atom. The highest BCUT2D eigenvalue weighted by Gasteiger charge is 2.49. The molecule has 0 aromatic heterocycles. The Balaban J connectivity index is 1.44. The first-order valence-electron chi connectivity index (χ1n) is 9.48. The van der Waals surface area contributed by atoms with Gasteiger partial charge in [0.2, 0.25) is 11.8 Å². The molecule has 1 heterocycles. The normalized spacial score (nSPS) is 34.4. The molecule has 5 unspecified atom stereocenters. The molecule has 5 nitrogen and oxygen atoms in total. The number of fused-ring (bicyclic) bond motifs is 2. The number of benzene rings is 1. The number of carbonyl (C=O) groups is 2. The van der Waals surface area contributed by atoms with Crippen molar-refractivity contribution in [2.75, 3.05) is 11.4 Å². The average molecular weight is 341 g/mol. The maximum absolute atomic E-state index is 12.9. The molecule has 5 heteroatoms. The molecule has 25 heavy (non-hydrogen) atoms. The minimum atomic E-state index is -0.422. The van der Waals surface area contributed by atoms with E-state index in [0.29, 0.717) is 24.8 Å². The van der Waals surface area contributed by atoms with Crippen molar-refractivity contribution in [2.24, 2.45) is 23.5 Å². The second-order valence-electron chi connectivity index (χ2n) is 7.97. The van der Waals surface area contributed by atoms with Crippen LogP contribution in [-0.4, -0.2) is 30.4 Å². The minimum absolute atomic E-state index is 0.000167. The average Bonchev–Trinajstić information content (AvgIpc) is 3.19. The van der Waals surface area contributed by atoms with Crippen LogP contribution in [0.1, 0.15) is 37.7 Å². The molecule has 2 bridgehead atoms. The Hall–Kier alpha value is -1.88. The number of rotatable bonds is 3. The van der Waals surface area contributed by atoms with Crippen LogP contribution in [0.15, 0.2) is 24.3 Å². The summed E-state index contributed by atoms with van der Waals surface area (Å²) in [5.74, 6) is 0.782. The number of nitrogens with zero attached hydrogens (tertiary/aromatic N) is 1. The predicted octanol–water partition coefficient (Wildman–Crippen LogP) is 1.98. The first kappa shape index (κ1) is 16.6. The second-order valence-corrected chi connectivity index (χ2v) is 7.97. The molecule has 5 atom stereocenters. The molecular weight excluding hydrogens is 314 g/mol. The van der Waals surface area contributed by atoms with Gasteiger partial charge in [0.05, 0.1) is 5.92 Å². The van der Waals surface area contributed by atoms with E-state index in [0.717, 1.165) is 31.4 Å². The summed E-state index contributed by atoms with van der Waals surface area (Å²) in [6, 6.07) is 7.52. The maximum Gasteiger partial charge on any atom is 0.249 e. The summed E-state index contributed by atoms with van der Waals surface area (Å²) in [5, 5.41) is 3.03. The quantitative estimate of drug-likeness (QED) is 0.883. The first-order chi connectivity index (χ1) is 12.0. The third kappa shape index (κ3) is 2.95. The number of amides is 2. The monoisotopic (exact) mass is 341 g/mol. The molecule has 1 aliphatic heterocycles. The molecule has 1 aromatic rings. The third-order valence-electron chi connectivity index (χ3n) is 6.38. The number of carbonyl (C=O) groups excluding carboxylic acids is 2. The second kappa shape index (κ2) is 6.45. The Morgan fingerprint density at radius 1 is 1.16 bits per heavy atom. The van der Waals surface area contributed by atoms with Crippen molar-refractivity contribution in [2.45, 2.75) is 51.1 Å². The molecule has 134 valence electrons. The van der Waals surface area contributed by atoms with Crippen molar-refractivity contribution in [3.05, 3.63) is 29.8 Å². The fourth-order valence-corrected chi connectivity index (χ4v) is 4.98. The molecule has 2 aliphatic carbocycles. The molecular formula is C20H27N3O2. The highest BCUT2D eigenvalue weighted by Crippen LogP contribution is 2.47. The predicted molar refractivity (Wildman–Crippen MR) is 97.0 cm³/mol. The lowest BCUT2D eigenvalue weighted by Gasteiger charge is -2.34. The summed E-state index contributed by atoms with van der Waals surface area (Å²) in [6.45, 7) is 2.74. The highest BCUT2D eigenvalue weighted by atomic mass is 16.2. The van der Waals surface area contributed by atoms with E-state index >= 15 is 0 Å². The van der Waals surface area contributed by atoms with E-state index in [4.69, 9.17) is 5.73 Å². The topological polar surface area (TPSA) is 75.4 Å². The van der Waals surface area contributed by atoms with Crippen LogP contribution in [0.4, 0.5) is 5.69 Å². The number of hydrogen-bond donors (Lipinski definition) is 2. The van der Waals surface area contributed by atoms with E-state index in [-0.39, 0.29) is 23.8 Å². The zero-order chi connectivity index (χ0) is 17.6. The van der Waals surface area contributed by atoms with Crippen LogP contribution in [0.5, 0.6) is 0 Å². The van der Waals surface area contributed by atoms with E-state index < -0.39 is 6.04 Å². The Morgan fingerprint density at radius 3 is 2.56 bits per heavy atom. The van der Waals surface area contributed by atoms with Gasteiger partial charge in [-0.1, -0.05) is 17.7 Å². The van der Waals surface area contributed by atoms with Gasteiger partial charge in [-0.25, -0.2) is 0 Å². The first-order valence-corrected chi connectivity index (χ1v) is 9.48. The molecule has 3 aliphatic rings. The van der Waals surface area contributed by atoms with E-state index in [1.165, 1.54) is 5.56 Å². The van der Waals surface area contributed by atoms with E-state index in [1.54, 1.807) is 4.90 Å². The smallest absolute Gasteiger partial charge is 0.249 e. The zero-order valence-corrected chi connectivity index (χ0v) is 14.8. The number of piperidine rings is 1. The van der Waals surface area contributed by atoms with Crippen LogP contribution < -0.4 is 16.0 Å². The van der Waals surface area contributed by atoms with Crippen LogP contribution in [-0.2, 0) is 9.59 Å². The van der Waals surface area contributed by atoms with Gasteiger partial charge in [-0.3, -0.25) is 9.59 Å². The Kier molecular flexibility index (Phi) is 4.28. The van der Waals surface area contributed by atoms with Crippen molar-refractivity contribution >= 4 is 17.5 Å². The van der Waals surface area contributed by atoms with Crippen LogP contribution in [0.25, 0.3) is 0 Å². The number of nitrogens with one attached hydrogen (secondary N) is 1. The standard InChI is InChI=1S/C20H27N3O2/c1-12-4-8-15(9-5-12)23-10-2-3-16(20(23)25)22-19(24)17-13-6-7-14(11-13)18(17)21/h4-5,8-9,13-14,16-18H,2-3,6-7,10-11,21H2,1H3,(H,22,24). The van der Waals surface area contributed by atoms with Gasteiger partial charge in [-0.05, 0) is 63.0 Å². The number of hydrogen-bond acceptors (Lipinski definition) is 3. The van der Waals surface area contributed by atoms with Crippen LogP contribution >= 0.6 is 0 Å². The molecule has 2 saturated carbocycles. The number of nitrogens with two attached hydrogens (primary N) is 1. The summed E-state index contributed by atoms with van der Waals surface area (Å²) in [6.07, 6.45) is 4.94. The summed E-state index contributed by atoms with van der Waals surface area (Å²) >= 11 is 0. The zero-order valence-electron chi connectivity index (χ0n) is 14.8. The Labute approximate surface area is 148 Å². The van der Waals surface area contributed by atoms with E-state index in [1.807, 2.05) is 31.2 Å². The summed E-state index contributed by atoms with van der Waals surface area (Å²) in [4.78, 5) is 27.5. The molecule has 2 amide bonds. The van der Waals surface area contributed by atoms with Crippen molar-refractivity contribution < 1.29 is 9.59 Å². The van der Waals surface area contributed by atoms with Gasteiger partial charge in [-0.2, -0.15) is 0 Å². The van der Waals surface area contributed by atoms with Crippen molar-refractivity contribution in [1.82, 2.24) is 5.32 Å². The molecule has 3 fully saturated rings. The van der Waals surface area contributed by atoms with Crippen molar-refractivity contribution in [3.8, 4) is 0 Å². The summed E-state index contributed by atoms with van der Waals surface area (Å²) in [5.41, 5.74) is 8.36. The SMILES string of the molecule is Cc1ccc(N2CCCC(NC(=O)C3C4CCC(C4)C3N)C2=O)cc1. The fourth-order valence-electron chi connectivity index (χ4n) is 4.98. The molecule has 4 rings (SSSR count). The fraction of sp³-hybridized carbons (Fsp3) is 0.600. The van der Waals surface area contributed by atoms with Gasteiger partial charge in [0.25, 0.3) is 0 Å². The summed E-state index contributed by atoms with van der Waals surface area (Å²) < 4.78 is 0. The van der Waals surface area contributed by atoms with Crippen LogP contribution in [0.3, 0.4) is 0 Å². The van der Waals surface area contributed by atoms with Crippen molar-refractivity contribution in [3.63, 3.8) is 0 Å². The highest BCUT2D eigenvalue weighted by molar-refractivity contribution is 6.00. The molecule has 3 N–H and O–H groups in total. The van der Waals surface area contributed by atoms with E-state index in [9.17, 15) is 9.59 Å². The lowest BCUT2D eigenvalue weighted by Crippen LogP contribution is -2.55. The largest absolute Gasteiger partial charge is 0.344 e. The number of anilines is 1. The van der Waals surface area contributed by atoms with Crippen LogP contribution in [0.2, 0.25) is 0 Å². The van der Waals surface area contributed by atoms with Gasteiger partial charge in [0.1, 0.15) is 6.04 Å².